The Labute approximate surface area is 161 Å². The molecule has 3 aromatic heterocycles. The Balaban J connectivity index is 1.64. The number of benzene rings is 1. The highest BCUT2D eigenvalue weighted by Crippen LogP contribution is 2.32. The smallest absolute Gasteiger partial charge is 0.260 e. The second kappa shape index (κ2) is 7.19. The number of H-pyrrole nitrogens is 1. The van der Waals surface area contributed by atoms with Crippen LogP contribution in [0.15, 0.2) is 57.9 Å². The molecule has 4 rings (SSSR count). The highest BCUT2D eigenvalue weighted by molar-refractivity contribution is 7.98. The standard InChI is InChI=1S/C18H11ClFN3OS2/c19-14-6-1-10(7-21-14)8-26-18-22-16(24)15-13(9-25-17(15)23-18)11-2-4-12(20)5-3-11/h1-7,9H,8H2,(H,22,23,24). The number of nitrogens with zero attached hydrogens (tertiary/aromatic N) is 2. The summed E-state index contributed by atoms with van der Waals surface area (Å²) in [6.45, 7) is 0. The zero-order valence-corrected chi connectivity index (χ0v) is 15.6. The summed E-state index contributed by atoms with van der Waals surface area (Å²) in [5, 5.41) is 3.39. The Kier molecular flexibility index (Phi) is 4.76. The van der Waals surface area contributed by atoms with Gasteiger partial charge in [0, 0.05) is 22.9 Å². The van der Waals surface area contributed by atoms with Crippen molar-refractivity contribution in [2.45, 2.75) is 10.9 Å². The maximum atomic E-state index is 13.1. The number of hydrogen-bond acceptors (Lipinski definition) is 5. The SMILES string of the molecule is O=c1[nH]c(SCc2ccc(Cl)nc2)nc2scc(-c3ccc(F)cc3)c12. The normalized spacial score (nSPS) is 11.2. The maximum absolute atomic E-state index is 13.1. The molecular weight excluding hydrogens is 393 g/mol. The predicted molar refractivity (Wildman–Crippen MR) is 104 cm³/mol. The summed E-state index contributed by atoms with van der Waals surface area (Å²) >= 11 is 8.60. The monoisotopic (exact) mass is 403 g/mol. The van der Waals surface area contributed by atoms with Gasteiger partial charge in [0.15, 0.2) is 5.16 Å². The number of hydrogen-bond donors (Lipinski definition) is 1. The second-order valence-electron chi connectivity index (χ2n) is 5.49. The highest BCUT2D eigenvalue weighted by atomic mass is 35.5. The maximum Gasteiger partial charge on any atom is 0.260 e. The van der Waals surface area contributed by atoms with Crippen LogP contribution in [0, 0.1) is 5.82 Å². The van der Waals surface area contributed by atoms with Gasteiger partial charge in [-0.25, -0.2) is 14.4 Å². The lowest BCUT2D eigenvalue weighted by molar-refractivity contribution is 0.628. The van der Waals surface area contributed by atoms with Crippen LogP contribution >= 0.6 is 34.7 Å². The Morgan fingerprint density at radius 2 is 2.00 bits per heavy atom. The Morgan fingerprint density at radius 3 is 2.73 bits per heavy atom. The van der Waals surface area contributed by atoms with E-state index in [0.29, 0.717) is 26.3 Å². The van der Waals surface area contributed by atoms with Crippen LogP contribution in [-0.4, -0.2) is 15.0 Å². The number of nitrogens with one attached hydrogen (secondary N) is 1. The van der Waals surface area contributed by atoms with Crippen molar-refractivity contribution in [2.24, 2.45) is 0 Å². The number of thioether (sulfide) groups is 1. The molecule has 0 unspecified atom stereocenters. The molecule has 0 bridgehead atoms. The van der Waals surface area contributed by atoms with E-state index in [4.69, 9.17) is 11.6 Å². The van der Waals surface area contributed by atoms with Crippen molar-refractivity contribution in [2.75, 3.05) is 0 Å². The molecule has 4 nitrogen and oxygen atoms in total. The first-order chi connectivity index (χ1) is 12.6. The van der Waals surface area contributed by atoms with Gasteiger partial charge in [0.1, 0.15) is 15.8 Å². The van der Waals surface area contributed by atoms with E-state index in [1.54, 1.807) is 24.4 Å². The highest BCUT2D eigenvalue weighted by Gasteiger charge is 2.13. The predicted octanol–water partition coefficient (Wildman–Crippen LogP) is 5.13. The minimum atomic E-state index is -0.310. The molecule has 0 saturated heterocycles. The van der Waals surface area contributed by atoms with Crippen molar-refractivity contribution in [3.05, 3.63) is 74.9 Å². The van der Waals surface area contributed by atoms with E-state index in [2.05, 4.69) is 15.0 Å². The van der Waals surface area contributed by atoms with Gasteiger partial charge >= 0.3 is 0 Å². The molecule has 0 spiro atoms. The number of aromatic nitrogens is 3. The van der Waals surface area contributed by atoms with E-state index in [9.17, 15) is 9.18 Å². The lowest BCUT2D eigenvalue weighted by atomic mass is 10.1. The third-order valence-electron chi connectivity index (χ3n) is 3.74. The van der Waals surface area contributed by atoms with E-state index < -0.39 is 0 Å². The van der Waals surface area contributed by atoms with Gasteiger partial charge < -0.3 is 4.98 Å². The van der Waals surface area contributed by atoms with Crippen molar-refractivity contribution in [3.63, 3.8) is 0 Å². The van der Waals surface area contributed by atoms with Gasteiger partial charge in [0.2, 0.25) is 0 Å². The van der Waals surface area contributed by atoms with Gasteiger partial charge in [0.25, 0.3) is 5.56 Å². The molecular formula is C18H11ClFN3OS2. The molecule has 0 fully saturated rings. The molecule has 130 valence electrons. The minimum Gasteiger partial charge on any atom is -0.301 e. The quantitative estimate of drug-likeness (QED) is 0.291. The van der Waals surface area contributed by atoms with Crippen LogP contribution in [0.4, 0.5) is 4.39 Å². The van der Waals surface area contributed by atoms with Crippen LogP contribution in [0.2, 0.25) is 5.15 Å². The number of halogens is 2. The Hall–Kier alpha value is -2.22. The van der Waals surface area contributed by atoms with Crippen molar-refractivity contribution in [3.8, 4) is 11.1 Å². The van der Waals surface area contributed by atoms with Gasteiger partial charge in [-0.1, -0.05) is 41.6 Å². The summed E-state index contributed by atoms with van der Waals surface area (Å²) < 4.78 is 13.1. The Morgan fingerprint density at radius 1 is 1.19 bits per heavy atom. The van der Waals surface area contributed by atoms with Crippen molar-refractivity contribution >= 4 is 44.9 Å². The summed E-state index contributed by atoms with van der Waals surface area (Å²) in [4.78, 5) is 24.6. The van der Waals surface area contributed by atoms with Crippen molar-refractivity contribution in [1.29, 1.82) is 0 Å². The second-order valence-corrected chi connectivity index (χ2v) is 7.69. The molecule has 0 aliphatic carbocycles. The number of rotatable bonds is 4. The number of pyridine rings is 1. The van der Waals surface area contributed by atoms with Crippen molar-refractivity contribution in [1.82, 2.24) is 15.0 Å². The summed E-state index contributed by atoms with van der Waals surface area (Å²) in [7, 11) is 0. The molecule has 1 N–H and O–H groups in total. The summed E-state index contributed by atoms with van der Waals surface area (Å²) in [5.74, 6) is 0.310. The number of fused-ring (bicyclic) bond motifs is 1. The fourth-order valence-corrected chi connectivity index (χ4v) is 4.40. The molecule has 26 heavy (non-hydrogen) atoms. The fraction of sp³-hybridized carbons (Fsp3) is 0.0556. The molecule has 0 radical (unpaired) electrons. The van der Waals surface area contributed by atoms with Gasteiger partial charge in [-0.2, -0.15) is 0 Å². The van der Waals surface area contributed by atoms with E-state index in [1.807, 2.05) is 11.4 Å². The van der Waals surface area contributed by atoms with Crippen LogP contribution in [0.1, 0.15) is 5.56 Å². The summed E-state index contributed by atoms with van der Waals surface area (Å²) in [5.41, 5.74) is 2.34. The summed E-state index contributed by atoms with van der Waals surface area (Å²) in [6, 6.07) is 9.69. The largest absolute Gasteiger partial charge is 0.301 e. The number of aromatic amines is 1. The van der Waals surface area contributed by atoms with Gasteiger partial charge in [0.05, 0.1) is 5.39 Å². The molecule has 0 amide bonds. The molecule has 0 aliphatic heterocycles. The minimum absolute atomic E-state index is 0.202. The lowest BCUT2D eigenvalue weighted by Gasteiger charge is -2.03. The van der Waals surface area contributed by atoms with E-state index in [0.717, 1.165) is 16.7 Å². The molecule has 1 aromatic carbocycles. The van der Waals surface area contributed by atoms with Crippen LogP contribution in [0.25, 0.3) is 21.3 Å². The molecule has 0 aliphatic rings. The lowest BCUT2D eigenvalue weighted by Crippen LogP contribution is -2.08. The van der Waals surface area contributed by atoms with Crippen LogP contribution < -0.4 is 5.56 Å². The first kappa shape index (κ1) is 17.2. The molecule has 0 atom stereocenters. The van der Waals surface area contributed by atoms with Gasteiger partial charge in [-0.05, 0) is 29.3 Å². The third kappa shape index (κ3) is 3.51. The average molecular weight is 404 g/mol. The third-order valence-corrected chi connectivity index (χ3v) is 5.78. The van der Waals surface area contributed by atoms with Gasteiger partial charge in [-0.15, -0.1) is 11.3 Å². The molecule has 4 aromatic rings. The first-order valence-electron chi connectivity index (χ1n) is 7.61. The zero-order valence-electron chi connectivity index (χ0n) is 13.2. The first-order valence-corrected chi connectivity index (χ1v) is 9.85. The van der Waals surface area contributed by atoms with E-state index in [1.165, 1.54) is 35.2 Å². The van der Waals surface area contributed by atoms with E-state index >= 15 is 0 Å². The zero-order chi connectivity index (χ0) is 18.1. The molecule has 0 saturated carbocycles. The number of thiophene rings is 1. The van der Waals surface area contributed by atoms with Crippen LogP contribution in [0.5, 0.6) is 0 Å². The van der Waals surface area contributed by atoms with Gasteiger partial charge in [-0.3, -0.25) is 4.79 Å². The molecule has 8 heteroatoms. The van der Waals surface area contributed by atoms with E-state index in [-0.39, 0.29) is 11.4 Å². The van der Waals surface area contributed by atoms with Crippen molar-refractivity contribution < 1.29 is 4.39 Å². The average Bonchev–Trinajstić information content (AvgIpc) is 3.06. The fourth-order valence-electron chi connectivity index (χ4n) is 2.48. The Bertz CT molecular complexity index is 1120. The molecule has 3 heterocycles. The van der Waals surface area contributed by atoms with Crippen LogP contribution in [0.3, 0.4) is 0 Å². The topological polar surface area (TPSA) is 58.6 Å². The summed E-state index contributed by atoms with van der Waals surface area (Å²) in [6.07, 6.45) is 1.70. The van der Waals surface area contributed by atoms with Crippen LogP contribution in [-0.2, 0) is 5.75 Å².